The molecule has 0 aliphatic carbocycles. The quantitative estimate of drug-likeness (QED) is 0.486. The number of hydrogen-bond acceptors (Lipinski definition) is 2. The van der Waals surface area contributed by atoms with Crippen molar-refractivity contribution in [3.05, 3.63) is 29.0 Å². The van der Waals surface area contributed by atoms with Gasteiger partial charge in [0.1, 0.15) is 5.69 Å². The number of benzene rings is 1. The summed E-state index contributed by atoms with van der Waals surface area (Å²) in [6, 6.07) is 4.15. The van der Waals surface area contributed by atoms with Crippen LogP contribution in [-0.2, 0) is 0 Å². The lowest BCUT2D eigenvalue weighted by molar-refractivity contribution is 0.630. The zero-order valence-corrected chi connectivity index (χ0v) is 6.92. The zero-order chi connectivity index (χ0) is 8.27. The maximum Gasteiger partial charge on any atom is 0.151 e. The molecule has 0 radical (unpaired) electrons. The third kappa shape index (κ3) is 2.09. The van der Waals surface area contributed by atoms with E-state index >= 15 is 0 Å². The minimum absolute atomic E-state index is 0.157. The molecule has 0 aliphatic heterocycles. The van der Waals surface area contributed by atoms with Gasteiger partial charge >= 0.3 is 0 Å². The Bertz CT molecular complexity index is 320. The molecule has 0 aliphatic rings. The van der Waals surface area contributed by atoms with E-state index in [4.69, 9.17) is 11.6 Å². The van der Waals surface area contributed by atoms with E-state index in [1.807, 2.05) is 0 Å². The van der Waals surface area contributed by atoms with Crippen LogP contribution in [0.4, 0.5) is 10.1 Å². The van der Waals surface area contributed by atoms with Crippen LogP contribution in [0.2, 0.25) is 5.02 Å². The highest BCUT2D eigenvalue weighted by molar-refractivity contribution is 7.78. The normalized spacial score (nSPS) is 8.91. The average Bonchev–Trinajstić information content (AvgIpc) is 1.95. The molecule has 0 saturated carbocycles. The Morgan fingerprint density at radius 3 is 2.82 bits per heavy atom. The molecule has 0 aromatic heterocycles. The highest BCUT2D eigenvalue weighted by Gasteiger charge is 1.99. The van der Waals surface area contributed by atoms with Crippen LogP contribution in [0.1, 0.15) is 0 Å². The van der Waals surface area contributed by atoms with Crippen molar-refractivity contribution < 1.29 is 4.39 Å². The Balaban J connectivity index is 3.19. The van der Waals surface area contributed by atoms with Crippen molar-refractivity contribution >= 4 is 34.7 Å². The van der Waals surface area contributed by atoms with Gasteiger partial charge in [-0.3, -0.25) is 0 Å². The van der Waals surface area contributed by atoms with Crippen LogP contribution in [0.3, 0.4) is 0 Å². The fourth-order valence-electron chi connectivity index (χ4n) is 0.621. The largest absolute Gasteiger partial charge is 0.205 e. The molecule has 0 fully saturated rings. The summed E-state index contributed by atoms with van der Waals surface area (Å²) >= 11 is 9.80. The zero-order valence-electron chi connectivity index (χ0n) is 5.34. The van der Waals surface area contributed by atoms with Gasteiger partial charge in [-0.1, -0.05) is 11.6 Å². The number of hydrogen-bond donors (Lipinski definition) is 0. The number of thiocarbonyl (C=S) groups is 1. The lowest BCUT2D eigenvalue weighted by atomic mass is 10.3. The predicted octanol–water partition coefficient (Wildman–Crippen LogP) is 3.21. The number of halogens is 2. The maximum atomic E-state index is 12.8. The van der Waals surface area contributed by atoms with Gasteiger partial charge in [0.2, 0.25) is 0 Å². The summed E-state index contributed by atoms with van der Waals surface area (Å²) in [5, 5.41) is 2.41. The first-order chi connectivity index (χ1) is 5.24. The smallest absolute Gasteiger partial charge is 0.151 e. The van der Waals surface area contributed by atoms with Crippen LogP contribution in [-0.4, -0.2) is 5.16 Å². The summed E-state index contributed by atoms with van der Waals surface area (Å²) in [5.74, 6) is -0.491. The molecule has 1 aromatic carbocycles. The minimum Gasteiger partial charge on any atom is -0.205 e. The fourth-order valence-corrected chi connectivity index (χ4v) is 0.878. The van der Waals surface area contributed by atoms with E-state index in [1.165, 1.54) is 18.2 Å². The third-order valence-corrected chi connectivity index (χ3v) is 1.40. The topological polar surface area (TPSA) is 12.4 Å². The molecule has 4 heteroatoms. The molecule has 0 bridgehead atoms. The van der Waals surface area contributed by atoms with Crippen LogP contribution >= 0.6 is 23.8 Å². The van der Waals surface area contributed by atoms with Gasteiger partial charge in [-0.2, -0.15) is 4.99 Å². The Hall–Kier alpha value is -0.760. The summed E-state index contributed by atoms with van der Waals surface area (Å²) < 4.78 is 12.8. The highest BCUT2D eigenvalue weighted by atomic mass is 35.5. The molecule has 0 heterocycles. The summed E-state index contributed by atoms with van der Waals surface area (Å²) in [4.78, 5) is 3.48. The molecule has 0 unspecified atom stereocenters. The van der Waals surface area contributed by atoms with E-state index < -0.39 is 5.82 Å². The molecule has 0 N–H and O–H groups in total. The van der Waals surface area contributed by atoms with Crippen molar-refractivity contribution in [3.63, 3.8) is 0 Å². The Morgan fingerprint density at radius 2 is 2.27 bits per heavy atom. The molecule has 1 rings (SSSR count). The minimum atomic E-state index is -0.491. The predicted molar refractivity (Wildman–Crippen MR) is 46.1 cm³/mol. The molecule has 1 nitrogen and oxygen atoms in total. The lowest BCUT2D eigenvalue weighted by Gasteiger charge is -1.93. The second-order valence-electron chi connectivity index (χ2n) is 1.80. The molecular weight excluding hydrogens is 185 g/mol. The number of rotatable bonds is 1. The molecule has 0 spiro atoms. The van der Waals surface area contributed by atoms with Crippen molar-refractivity contribution in [1.29, 1.82) is 0 Å². The first kappa shape index (κ1) is 8.34. The number of isothiocyanates is 1. The van der Waals surface area contributed by atoms with E-state index in [1.54, 1.807) is 0 Å². The van der Waals surface area contributed by atoms with Gasteiger partial charge < -0.3 is 0 Å². The van der Waals surface area contributed by atoms with Gasteiger partial charge in [0.05, 0.1) is 5.16 Å². The van der Waals surface area contributed by atoms with Crippen LogP contribution < -0.4 is 0 Å². The fraction of sp³-hybridized carbons (Fsp3) is 0. The maximum absolute atomic E-state index is 12.8. The number of nitrogens with zero attached hydrogens (tertiary/aromatic N) is 1. The first-order valence-electron chi connectivity index (χ1n) is 2.77. The Labute approximate surface area is 73.5 Å². The number of aliphatic imine (C=N–C) groups is 1. The van der Waals surface area contributed by atoms with Crippen molar-refractivity contribution in [2.24, 2.45) is 4.99 Å². The average molecular weight is 188 g/mol. The first-order valence-corrected chi connectivity index (χ1v) is 3.55. The molecule has 0 amide bonds. The lowest BCUT2D eigenvalue weighted by Crippen LogP contribution is -1.73. The van der Waals surface area contributed by atoms with Gasteiger partial charge in [-0.25, -0.2) is 4.39 Å². The Kier molecular flexibility index (Phi) is 2.71. The monoisotopic (exact) mass is 187 g/mol. The summed E-state index contributed by atoms with van der Waals surface area (Å²) in [6.07, 6.45) is 0. The van der Waals surface area contributed by atoms with Crippen LogP contribution in [0.15, 0.2) is 23.2 Å². The molecule has 11 heavy (non-hydrogen) atoms. The van der Waals surface area contributed by atoms with E-state index in [-0.39, 0.29) is 5.69 Å². The summed E-state index contributed by atoms with van der Waals surface area (Å²) in [5.41, 5.74) is 0.157. The molecule has 56 valence electrons. The van der Waals surface area contributed by atoms with Gasteiger partial charge in [0.25, 0.3) is 0 Å². The van der Waals surface area contributed by atoms with Crippen molar-refractivity contribution in [1.82, 2.24) is 0 Å². The molecule has 0 saturated heterocycles. The van der Waals surface area contributed by atoms with E-state index in [9.17, 15) is 4.39 Å². The van der Waals surface area contributed by atoms with Gasteiger partial charge in [0, 0.05) is 5.02 Å². The molecular formula is C7H3ClFNS. The molecule has 1 aromatic rings. The SMILES string of the molecule is Fc1cc(Cl)ccc1N=C=S. The van der Waals surface area contributed by atoms with Gasteiger partial charge in [-0.15, -0.1) is 0 Å². The van der Waals surface area contributed by atoms with E-state index in [0.29, 0.717) is 5.02 Å². The van der Waals surface area contributed by atoms with E-state index in [2.05, 4.69) is 22.4 Å². The van der Waals surface area contributed by atoms with Gasteiger partial charge in [0.15, 0.2) is 5.82 Å². The van der Waals surface area contributed by atoms with Crippen LogP contribution in [0, 0.1) is 5.82 Å². The Morgan fingerprint density at radius 1 is 1.55 bits per heavy atom. The van der Waals surface area contributed by atoms with Crippen LogP contribution in [0.5, 0.6) is 0 Å². The molecule has 0 atom stereocenters. The second kappa shape index (κ2) is 3.58. The van der Waals surface area contributed by atoms with Crippen molar-refractivity contribution in [3.8, 4) is 0 Å². The van der Waals surface area contributed by atoms with Crippen molar-refractivity contribution in [2.45, 2.75) is 0 Å². The second-order valence-corrected chi connectivity index (χ2v) is 2.42. The highest BCUT2D eigenvalue weighted by Crippen LogP contribution is 2.20. The van der Waals surface area contributed by atoms with Crippen LogP contribution in [0.25, 0.3) is 0 Å². The summed E-state index contributed by atoms with van der Waals surface area (Å²) in [7, 11) is 0. The van der Waals surface area contributed by atoms with Crippen molar-refractivity contribution in [2.75, 3.05) is 0 Å². The van der Waals surface area contributed by atoms with Gasteiger partial charge in [-0.05, 0) is 30.4 Å². The summed E-state index contributed by atoms with van der Waals surface area (Å²) in [6.45, 7) is 0. The standard InChI is InChI=1S/C7H3ClFNS/c8-5-1-2-7(10-4-11)6(9)3-5/h1-3H. The van der Waals surface area contributed by atoms with E-state index in [0.717, 1.165) is 0 Å². The third-order valence-electron chi connectivity index (χ3n) is 1.08.